The summed E-state index contributed by atoms with van der Waals surface area (Å²) in [6.45, 7) is 1.98. The van der Waals surface area contributed by atoms with E-state index in [2.05, 4.69) is 10.1 Å². The zero-order valence-corrected chi connectivity index (χ0v) is 20.4. The number of aromatic nitrogens is 1. The minimum Gasteiger partial charge on any atom is -0.481 e. The monoisotopic (exact) mass is 502 g/mol. The third-order valence-electron chi connectivity index (χ3n) is 6.88. The summed E-state index contributed by atoms with van der Waals surface area (Å²) in [6.07, 6.45) is 9.85. The number of benzene rings is 1. The van der Waals surface area contributed by atoms with E-state index in [1.165, 1.54) is 17.0 Å². The Kier molecular flexibility index (Phi) is 6.69. The second-order valence-electron chi connectivity index (χ2n) is 9.57. The maximum atomic E-state index is 13.6. The Morgan fingerprint density at radius 2 is 1.95 bits per heavy atom. The molecule has 2 aromatic rings. The molecule has 1 aromatic heterocycles. The number of aliphatic carboxylic acids is 1. The normalized spacial score (nSPS) is 22.9. The van der Waals surface area contributed by atoms with Gasteiger partial charge in [-0.2, -0.15) is 0 Å². The lowest BCUT2D eigenvalue weighted by atomic mass is 9.85. The van der Waals surface area contributed by atoms with Gasteiger partial charge in [-0.1, -0.05) is 11.2 Å². The maximum absolute atomic E-state index is 13.6. The molecule has 2 aliphatic heterocycles. The summed E-state index contributed by atoms with van der Waals surface area (Å²) in [6, 6.07) is 9.56. The number of hydrogen-bond acceptors (Lipinski definition) is 6. The van der Waals surface area contributed by atoms with E-state index in [0.717, 1.165) is 16.8 Å². The second-order valence-corrected chi connectivity index (χ2v) is 9.57. The largest absolute Gasteiger partial charge is 0.481 e. The molecule has 1 aliphatic carbocycles. The number of unbranched alkanes of at least 4 members (excludes halogenated alkanes) is 1. The first-order valence-electron chi connectivity index (χ1n) is 12.3. The summed E-state index contributed by atoms with van der Waals surface area (Å²) in [5.74, 6) is -1.33. The van der Waals surface area contributed by atoms with Crippen LogP contribution in [-0.2, 0) is 20.0 Å². The standard InChI is InChI=1S/C28H27FN4O4/c1-28(19-12-14-30-15-13-19)17-24(32-37-28)18-6-11-22-23(16-18)31-25(4-2-3-5-26(34)35)33(27(22)36)21-9-7-20(29)8-10-21/h6-10,12-16,22H,2-5,11,17H2,1H3,(H,34,35). The number of amidine groups is 1. The predicted molar refractivity (Wildman–Crippen MR) is 136 cm³/mol. The minimum absolute atomic E-state index is 0.0477. The van der Waals surface area contributed by atoms with Crippen LogP contribution >= 0.6 is 0 Å². The third kappa shape index (κ3) is 5.07. The minimum atomic E-state index is -0.861. The zero-order chi connectivity index (χ0) is 26.0. The first kappa shape index (κ1) is 24.5. The fraction of sp³-hybridized carbons (Fsp3) is 0.321. The summed E-state index contributed by atoms with van der Waals surface area (Å²) in [7, 11) is 0. The molecule has 1 aromatic carbocycles. The fourth-order valence-electron chi connectivity index (χ4n) is 4.85. The molecule has 8 nitrogen and oxygen atoms in total. The Balaban J connectivity index is 1.41. The zero-order valence-electron chi connectivity index (χ0n) is 20.4. The number of anilines is 1. The molecular weight excluding hydrogens is 475 g/mol. The number of carbonyl (C=O) groups is 2. The van der Waals surface area contributed by atoms with E-state index in [0.29, 0.717) is 49.3 Å². The number of rotatable bonds is 8. The highest BCUT2D eigenvalue weighted by Crippen LogP contribution is 2.39. The lowest BCUT2D eigenvalue weighted by molar-refractivity contribution is -0.137. The molecule has 9 heteroatoms. The van der Waals surface area contributed by atoms with Crippen LogP contribution in [0.1, 0.15) is 51.0 Å². The van der Waals surface area contributed by atoms with Crippen molar-refractivity contribution in [1.82, 2.24) is 4.98 Å². The topological polar surface area (TPSA) is 104 Å². The fourth-order valence-corrected chi connectivity index (χ4v) is 4.85. The number of hydrogen-bond donors (Lipinski definition) is 1. The van der Waals surface area contributed by atoms with E-state index in [1.807, 2.05) is 31.2 Å². The molecule has 37 heavy (non-hydrogen) atoms. The molecule has 0 saturated heterocycles. The predicted octanol–water partition coefficient (Wildman–Crippen LogP) is 5.13. The van der Waals surface area contributed by atoms with Crippen molar-refractivity contribution in [3.05, 3.63) is 83.6 Å². The van der Waals surface area contributed by atoms with Crippen LogP contribution in [0.5, 0.6) is 0 Å². The van der Waals surface area contributed by atoms with Crippen molar-refractivity contribution in [3.63, 3.8) is 0 Å². The van der Waals surface area contributed by atoms with E-state index in [1.54, 1.807) is 24.5 Å². The van der Waals surface area contributed by atoms with Crippen LogP contribution in [0.4, 0.5) is 10.1 Å². The smallest absolute Gasteiger partial charge is 0.303 e. The molecule has 0 spiro atoms. The lowest BCUT2D eigenvalue weighted by Crippen LogP contribution is -2.45. The van der Waals surface area contributed by atoms with Crippen molar-refractivity contribution in [2.24, 2.45) is 16.1 Å². The Morgan fingerprint density at radius 1 is 1.19 bits per heavy atom. The van der Waals surface area contributed by atoms with Crippen molar-refractivity contribution >= 4 is 29.1 Å². The van der Waals surface area contributed by atoms with E-state index >= 15 is 0 Å². The molecule has 2 atom stereocenters. The van der Waals surface area contributed by atoms with Crippen LogP contribution in [-0.4, -0.2) is 33.5 Å². The molecule has 1 N–H and O–H groups in total. The Bertz CT molecular complexity index is 1330. The molecule has 0 saturated carbocycles. The van der Waals surface area contributed by atoms with Crippen LogP contribution in [0.25, 0.3) is 0 Å². The van der Waals surface area contributed by atoms with Crippen molar-refractivity contribution in [3.8, 4) is 0 Å². The van der Waals surface area contributed by atoms with Crippen molar-refractivity contribution in [2.75, 3.05) is 4.90 Å². The van der Waals surface area contributed by atoms with Crippen molar-refractivity contribution in [2.45, 2.75) is 51.0 Å². The van der Waals surface area contributed by atoms with Crippen LogP contribution < -0.4 is 4.90 Å². The van der Waals surface area contributed by atoms with Crippen LogP contribution in [0.3, 0.4) is 0 Å². The highest BCUT2D eigenvalue weighted by molar-refractivity contribution is 6.20. The summed E-state index contributed by atoms with van der Waals surface area (Å²) in [5, 5.41) is 13.3. The van der Waals surface area contributed by atoms with Crippen molar-refractivity contribution < 1.29 is 23.9 Å². The quantitative estimate of drug-likeness (QED) is 0.504. The highest BCUT2D eigenvalue weighted by Gasteiger charge is 2.40. The average molecular weight is 503 g/mol. The van der Waals surface area contributed by atoms with Gasteiger partial charge in [0.05, 0.1) is 23.0 Å². The number of oxime groups is 1. The molecule has 1 amide bonds. The molecule has 190 valence electrons. The average Bonchev–Trinajstić information content (AvgIpc) is 3.31. The number of carbonyl (C=O) groups excluding carboxylic acids is 1. The molecule has 3 heterocycles. The Labute approximate surface area is 213 Å². The number of pyridine rings is 1. The second kappa shape index (κ2) is 10.1. The summed E-state index contributed by atoms with van der Waals surface area (Å²) >= 11 is 0. The molecule has 3 aliphatic rings. The molecule has 5 rings (SSSR count). The van der Waals surface area contributed by atoms with E-state index in [-0.39, 0.29) is 12.3 Å². The summed E-state index contributed by atoms with van der Waals surface area (Å²) in [4.78, 5) is 40.9. The van der Waals surface area contributed by atoms with E-state index in [9.17, 15) is 14.0 Å². The SMILES string of the molecule is CC1(c2ccncc2)CC(C2=CCC3C(=O)N(c4ccc(F)cc4)C(CCCCC(=O)O)=NC3=C2)=NO1. The van der Waals surface area contributed by atoms with Gasteiger partial charge in [0.15, 0.2) is 5.60 Å². The Hall–Kier alpha value is -4.14. The van der Waals surface area contributed by atoms with Gasteiger partial charge in [0.25, 0.3) is 0 Å². The number of allylic oxidation sites excluding steroid dienone is 3. The first-order chi connectivity index (χ1) is 17.8. The Morgan fingerprint density at radius 3 is 2.68 bits per heavy atom. The number of carboxylic acid groups (broad SMARTS) is 1. The van der Waals surface area contributed by atoms with Gasteiger partial charge in [0.2, 0.25) is 5.91 Å². The number of nitrogens with zero attached hydrogens (tertiary/aromatic N) is 4. The van der Waals surface area contributed by atoms with Gasteiger partial charge in [-0.3, -0.25) is 19.5 Å². The summed E-state index contributed by atoms with van der Waals surface area (Å²) < 4.78 is 13.6. The lowest BCUT2D eigenvalue weighted by Gasteiger charge is -2.34. The van der Waals surface area contributed by atoms with Crippen LogP contribution in [0, 0.1) is 11.7 Å². The van der Waals surface area contributed by atoms with Crippen LogP contribution in [0.2, 0.25) is 0 Å². The first-order valence-corrected chi connectivity index (χ1v) is 12.3. The van der Waals surface area contributed by atoms with Gasteiger partial charge in [-0.05, 0) is 74.2 Å². The number of aliphatic imine (C=N–C) groups is 1. The molecular formula is C28H27FN4O4. The van der Waals surface area contributed by atoms with Gasteiger partial charge >= 0.3 is 5.97 Å². The summed E-state index contributed by atoms with van der Waals surface area (Å²) in [5.41, 5.74) is 3.23. The van der Waals surface area contributed by atoms with Gasteiger partial charge < -0.3 is 9.94 Å². The highest BCUT2D eigenvalue weighted by atomic mass is 19.1. The molecule has 0 bridgehead atoms. The van der Waals surface area contributed by atoms with Gasteiger partial charge in [-0.25, -0.2) is 9.38 Å². The van der Waals surface area contributed by atoms with E-state index in [4.69, 9.17) is 14.9 Å². The number of amides is 1. The van der Waals surface area contributed by atoms with E-state index < -0.39 is 23.3 Å². The van der Waals surface area contributed by atoms with Crippen LogP contribution in [0.15, 0.2) is 82.4 Å². The molecule has 2 unspecified atom stereocenters. The van der Waals surface area contributed by atoms with Gasteiger partial charge in [0.1, 0.15) is 11.7 Å². The van der Waals surface area contributed by atoms with Gasteiger partial charge in [0, 0.05) is 37.2 Å². The number of fused-ring (bicyclic) bond motifs is 1. The number of carboxylic acids is 1. The number of halogens is 1. The maximum Gasteiger partial charge on any atom is 0.303 e. The third-order valence-corrected chi connectivity index (χ3v) is 6.88. The molecule has 0 radical (unpaired) electrons. The molecule has 0 fully saturated rings. The van der Waals surface area contributed by atoms with Crippen molar-refractivity contribution in [1.29, 1.82) is 0 Å². The van der Waals surface area contributed by atoms with Gasteiger partial charge in [-0.15, -0.1) is 0 Å².